The van der Waals surface area contributed by atoms with Gasteiger partial charge in [-0.3, -0.25) is 0 Å². The van der Waals surface area contributed by atoms with Crippen molar-refractivity contribution in [3.8, 4) is 5.95 Å². The fourth-order valence-corrected chi connectivity index (χ4v) is 1.07. The van der Waals surface area contributed by atoms with Gasteiger partial charge in [0.15, 0.2) is 0 Å². The van der Waals surface area contributed by atoms with Crippen LogP contribution < -0.4 is 5.32 Å². The Hall–Kier alpha value is -1.82. The first-order chi connectivity index (χ1) is 6.90. The quantitative estimate of drug-likeness (QED) is 0.724. The van der Waals surface area contributed by atoms with Crippen molar-refractivity contribution in [2.75, 3.05) is 7.05 Å². The van der Waals surface area contributed by atoms with Crippen LogP contribution in [0.4, 0.5) is 0 Å². The van der Waals surface area contributed by atoms with Gasteiger partial charge in [-0.25, -0.2) is 15.0 Å². The lowest BCUT2D eigenvalue weighted by molar-refractivity contribution is 0.774. The van der Waals surface area contributed by atoms with E-state index in [1.807, 2.05) is 7.05 Å². The molecule has 0 aliphatic heterocycles. The second kappa shape index (κ2) is 3.93. The number of rotatable bonds is 3. The summed E-state index contributed by atoms with van der Waals surface area (Å²) in [5.41, 5.74) is 1.04. The van der Waals surface area contributed by atoms with Crippen LogP contribution in [0.25, 0.3) is 5.95 Å². The van der Waals surface area contributed by atoms with Crippen molar-refractivity contribution in [1.29, 1.82) is 0 Å². The van der Waals surface area contributed by atoms with E-state index in [9.17, 15) is 0 Å². The molecular weight excluding hydrogens is 180 g/mol. The zero-order valence-electron chi connectivity index (χ0n) is 7.75. The summed E-state index contributed by atoms with van der Waals surface area (Å²) < 4.78 is 1.52. The molecule has 1 N–H and O–H groups in total. The summed E-state index contributed by atoms with van der Waals surface area (Å²) in [6, 6.07) is 0. The first kappa shape index (κ1) is 8.76. The van der Waals surface area contributed by atoms with Gasteiger partial charge in [-0.05, 0) is 7.05 Å². The summed E-state index contributed by atoms with van der Waals surface area (Å²) in [4.78, 5) is 12.1. The Morgan fingerprint density at radius 1 is 1.36 bits per heavy atom. The lowest BCUT2D eigenvalue weighted by Crippen LogP contribution is -2.07. The first-order valence-corrected chi connectivity index (χ1v) is 4.20. The van der Waals surface area contributed by atoms with Gasteiger partial charge >= 0.3 is 0 Å². The van der Waals surface area contributed by atoms with E-state index in [0.717, 1.165) is 12.1 Å². The molecule has 0 unspecified atom stereocenters. The zero-order valence-corrected chi connectivity index (χ0v) is 7.75. The van der Waals surface area contributed by atoms with E-state index in [-0.39, 0.29) is 0 Å². The third kappa shape index (κ3) is 1.74. The van der Waals surface area contributed by atoms with Gasteiger partial charge in [-0.1, -0.05) is 0 Å². The van der Waals surface area contributed by atoms with Crippen molar-refractivity contribution >= 4 is 0 Å². The van der Waals surface area contributed by atoms with Crippen LogP contribution in [0.1, 0.15) is 5.56 Å². The minimum Gasteiger partial charge on any atom is -0.316 e. The molecule has 0 radical (unpaired) electrons. The molecule has 0 atom stereocenters. The fraction of sp³-hybridized carbons (Fsp3) is 0.250. The van der Waals surface area contributed by atoms with Gasteiger partial charge < -0.3 is 5.32 Å². The minimum atomic E-state index is 0.530. The predicted octanol–water partition coefficient (Wildman–Crippen LogP) is -0.223. The Morgan fingerprint density at radius 3 is 2.71 bits per heavy atom. The van der Waals surface area contributed by atoms with Gasteiger partial charge in [0.2, 0.25) is 0 Å². The molecule has 0 aliphatic carbocycles. The molecular formula is C8H10N6. The van der Waals surface area contributed by atoms with Crippen LogP contribution in [-0.4, -0.2) is 31.8 Å². The molecule has 0 aromatic carbocycles. The van der Waals surface area contributed by atoms with Crippen LogP contribution in [0.2, 0.25) is 0 Å². The van der Waals surface area contributed by atoms with Crippen molar-refractivity contribution in [2.24, 2.45) is 0 Å². The lowest BCUT2D eigenvalue weighted by Gasteiger charge is -2.00. The molecule has 0 saturated carbocycles. The van der Waals surface area contributed by atoms with Crippen molar-refractivity contribution < 1.29 is 0 Å². The van der Waals surface area contributed by atoms with E-state index in [0.29, 0.717) is 5.95 Å². The molecule has 2 heterocycles. The Kier molecular flexibility index (Phi) is 2.46. The summed E-state index contributed by atoms with van der Waals surface area (Å²) in [5.74, 6) is 0.530. The van der Waals surface area contributed by atoms with E-state index in [1.54, 1.807) is 18.7 Å². The van der Waals surface area contributed by atoms with Crippen molar-refractivity contribution in [3.05, 3.63) is 30.6 Å². The highest BCUT2D eigenvalue weighted by molar-refractivity contribution is 5.12. The van der Waals surface area contributed by atoms with Gasteiger partial charge in [-0.2, -0.15) is 9.78 Å². The van der Waals surface area contributed by atoms with E-state index in [1.165, 1.54) is 11.0 Å². The number of nitrogens with zero attached hydrogens (tertiary/aromatic N) is 5. The minimum absolute atomic E-state index is 0.530. The van der Waals surface area contributed by atoms with Crippen LogP contribution >= 0.6 is 0 Å². The number of nitrogens with one attached hydrogen (secondary N) is 1. The van der Waals surface area contributed by atoms with Crippen LogP contribution in [0.15, 0.2) is 25.0 Å². The van der Waals surface area contributed by atoms with Gasteiger partial charge in [0.25, 0.3) is 5.95 Å². The molecule has 0 amide bonds. The average Bonchev–Trinajstić information content (AvgIpc) is 2.72. The third-order valence-corrected chi connectivity index (χ3v) is 1.70. The molecule has 6 heteroatoms. The maximum atomic E-state index is 4.15. The molecule has 0 saturated heterocycles. The topological polar surface area (TPSA) is 68.5 Å². The van der Waals surface area contributed by atoms with E-state index < -0.39 is 0 Å². The molecule has 2 rings (SSSR count). The Balaban J connectivity index is 2.22. The van der Waals surface area contributed by atoms with Gasteiger partial charge in [-0.15, -0.1) is 0 Å². The number of aromatic nitrogens is 5. The molecule has 0 spiro atoms. The standard InChI is InChI=1S/C8H10N6/c1-9-2-7-3-11-8(12-4-7)14-6-10-5-13-14/h3-6,9H,2H2,1H3. The largest absolute Gasteiger partial charge is 0.316 e. The predicted molar refractivity (Wildman–Crippen MR) is 49.7 cm³/mol. The summed E-state index contributed by atoms with van der Waals surface area (Å²) in [6.07, 6.45) is 6.54. The highest BCUT2D eigenvalue weighted by Crippen LogP contribution is 1.98. The smallest absolute Gasteiger partial charge is 0.251 e. The van der Waals surface area contributed by atoms with Gasteiger partial charge in [0, 0.05) is 24.5 Å². The molecule has 72 valence electrons. The third-order valence-electron chi connectivity index (χ3n) is 1.70. The Bertz CT molecular complexity index is 379. The molecule has 6 nitrogen and oxygen atoms in total. The SMILES string of the molecule is CNCc1cnc(-n2cncn2)nc1. The number of hydrogen-bond donors (Lipinski definition) is 1. The summed E-state index contributed by atoms with van der Waals surface area (Å²) in [5, 5.41) is 6.95. The highest BCUT2D eigenvalue weighted by atomic mass is 15.4. The van der Waals surface area contributed by atoms with Crippen LogP contribution in [0, 0.1) is 0 Å². The summed E-state index contributed by atoms with van der Waals surface area (Å²) in [7, 11) is 1.88. The van der Waals surface area contributed by atoms with Crippen molar-refractivity contribution in [2.45, 2.75) is 6.54 Å². The van der Waals surface area contributed by atoms with E-state index in [2.05, 4.69) is 25.4 Å². The van der Waals surface area contributed by atoms with Crippen LogP contribution in [-0.2, 0) is 6.54 Å². The summed E-state index contributed by atoms with van der Waals surface area (Å²) in [6.45, 7) is 0.762. The molecule has 0 bridgehead atoms. The van der Waals surface area contributed by atoms with Crippen molar-refractivity contribution in [1.82, 2.24) is 30.0 Å². The first-order valence-electron chi connectivity index (χ1n) is 4.20. The molecule has 2 aromatic rings. The van der Waals surface area contributed by atoms with E-state index >= 15 is 0 Å². The zero-order chi connectivity index (χ0) is 9.80. The molecule has 2 aromatic heterocycles. The second-order valence-corrected chi connectivity index (χ2v) is 2.76. The van der Waals surface area contributed by atoms with Crippen LogP contribution in [0.5, 0.6) is 0 Å². The monoisotopic (exact) mass is 190 g/mol. The van der Waals surface area contributed by atoms with Gasteiger partial charge in [0.05, 0.1) is 0 Å². The normalized spacial score (nSPS) is 10.4. The Morgan fingerprint density at radius 2 is 2.14 bits per heavy atom. The van der Waals surface area contributed by atoms with Gasteiger partial charge in [0.1, 0.15) is 12.7 Å². The van der Waals surface area contributed by atoms with Crippen molar-refractivity contribution in [3.63, 3.8) is 0 Å². The van der Waals surface area contributed by atoms with Crippen LogP contribution in [0.3, 0.4) is 0 Å². The maximum Gasteiger partial charge on any atom is 0.251 e. The molecule has 0 fully saturated rings. The molecule has 0 aliphatic rings. The Labute approximate surface area is 81.0 Å². The fourth-order valence-electron chi connectivity index (χ4n) is 1.07. The average molecular weight is 190 g/mol. The number of hydrogen-bond acceptors (Lipinski definition) is 5. The molecule has 14 heavy (non-hydrogen) atoms. The summed E-state index contributed by atoms with van der Waals surface area (Å²) >= 11 is 0. The highest BCUT2D eigenvalue weighted by Gasteiger charge is 1.99. The maximum absolute atomic E-state index is 4.15. The van der Waals surface area contributed by atoms with E-state index in [4.69, 9.17) is 0 Å². The second-order valence-electron chi connectivity index (χ2n) is 2.76. The lowest BCUT2D eigenvalue weighted by atomic mass is 10.3.